The standard InChI is InChI=1S/C65H112O5/c1-4-7-10-13-16-19-22-25-28-31-33-35-37-40-43-46-49-52-55-58-64(66)69-62-63(61-68-60-57-54-51-48-45-42-39-30-27-24-21-18-15-12-9-6-3)70-65(67)59-56-53-50-47-44-41-38-36-34-32-29-26-23-20-17-14-11-8-5-2/h7,10,16-17,19-20,25-26,28-29,33-36,40,43,63H,4-6,8-9,11-15,18,21-24,27,30-32,37-39,41-42,44-62H2,1-3H3/b10-7-,19-16-,20-17-,28-25-,29-26-,35-33-,36-34-,43-40-. The van der Waals surface area contributed by atoms with Gasteiger partial charge < -0.3 is 14.2 Å². The first-order chi connectivity index (χ1) is 34.6. The van der Waals surface area contributed by atoms with Gasteiger partial charge in [0.05, 0.1) is 6.61 Å². The number of rotatable bonds is 54. The van der Waals surface area contributed by atoms with Crippen LogP contribution in [0.1, 0.15) is 278 Å². The van der Waals surface area contributed by atoms with E-state index in [0.717, 1.165) is 109 Å². The predicted octanol–water partition coefficient (Wildman–Crippen LogP) is 20.6. The van der Waals surface area contributed by atoms with Crippen LogP contribution in [0.5, 0.6) is 0 Å². The molecule has 0 fully saturated rings. The average molecular weight is 974 g/mol. The maximum Gasteiger partial charge on any atom is 0.306 e. The minimum atomic E-state index is -0.562. The zero-order valence-corrected chi connectivity index (χ0v) is 46.3. The number of carbonyl (C=O) groups is 2. The van der Waals surface area contributed by atoms with Crippen molar-refractivity contribution < 1.29 is 23.8 Å². The molecule has 1 atom stereocenters. The van der Waals surface area contributed by atoms with E-state index in [4.69, 9.17) is 14.2 Å². The molecular formula is C65H112O5. The van der Waals surface area contributed by atoms with E-state index in [1.165, 1.54) is 135 Å². The quantitative estimate of drug-likeness (QED) is 0.0345. The van der Waals surface area contributed by atoms with E-state index >= 15 is 0 Å². The van der Waals surface area contributed by atoms with Crippen molar-refractivity contribution in [1.82, 2.24) is 0 Å². The summed E-state index contributed by atoms with van der Waals surface area (Å²) >= 11 is 0. The molecule has 1 unspecified atom stereocenters. The smallest absolute Gasteiger partial charge is 0.306 e. The van der Waals surface area contributed by atoms with Crippen LogP contribution in [-0.2, 0) is 23.8 Å². The van der Waals surface area contributed by atoms with Crippen LogP contribution in [0.15, 0.2) is 97.2 Å². The average Bonchev–Trinajstić information content (AvgIpc) is 3.36. The van der Waals surface area contributed by atoms with Gasteiger partial charge in [0.15, 0.2) is 6.10 Å². The Morgan fingerprint density at radius 3 is 1.07 bits per heavy atom. The van der Waals surface area contributed by atoms with Crippen LogP contribution in [0.3, 0.4) is 0 Å². The lowest BCUT2D eigenvalue weighted by atomic mass is 10.0. The van der Waals surface area contributed by atoms with Crippen LogP contribution in [0.4, 0.5) is 0 Å². The SMILES string of the molecule is CC/C=C\C/C=C\C/C=C\C/C=C\C/C=C\CCCCCC(=O)OCC(COCCCCCCCCCCCCCCCCCC)OC(=O)CCCCCCCC/C=C\C/C=C\C/C=C\CCCCC. The summed E-state index contributed by atoms with van der Waals surface area (Å²) in [4.78, 5) is 25.6. The van der Waals surface area contributed by atoms with Crippen LogP contribution >= 0.6 is 0 Å². The number of hydrogen-bond acceptors (Lipinski definition) is 5. The van der Waals surface area contributed by atoms with E-state index in [9.17, 15) is 9.59 Å². The highest BCUT2D eigenvalue weighted by atomic mass is 16.6. The van der Waals surface area contributed by atoms with Gasteiger partial charge in [-0.1, -0.05) is 259 Å². The Bertz CT molecular complexity index is 1330. The first kappa shape index (κ1) is 66.8. The topological polar surface area (TPSA) is 61.8 Å². The van der Waals surface area contributed by atoms with Crippen molar-refractivity contribution in [2.75, 3.05) is 19.8 Å². The van der Waals surface area contributed by atoms with E-state index in [0.29, 0.717) is 19.4 Å². The van der Waals surface area contributed by atoms with Crippen LogP contribution in [-0.4, -0.2) is 37.9 Å². The molecule has 0 aliphatic carbocycles. The maximum absolute atomic E-state index is 12.9. The summed E-state index contributed by atoms with van der Waals surface area (Å²) in [5, 5.41) is 0. The van der Waals surface area contributed by atoms with Crippen LogP contribution in [0, 0.1) is 0 Å². The fourth-order valence-corrected chi connectivity index (χ4v) is 8.19. The lowest BCUT2D eigenvalue weighted by Gasteiger charge is -2.18. The summed E-state index contributed by atoms with van der Waals surface area (Å²) in [5.41, 5.74) is 0. The molecule has 0 saturated heterocycles. The molecule has 0 aliphatic heterocycles. The van der Waals surface area contributed by atoms with Gasteiger partial charge in [0.25, 0.3) is 0 Å². The van der Waals surface area contributed by atoms with E-state index in [1.54, 1.807) is 0 Å². The van der Waals surface area contributed by atoms with Gasteiger partial charge >= 0.3 is 11.9 Å². The molecule has 0 aromatic rings. The summed E-state index contributed by atoms with van der Waals surface area (Å²) in [6.45, 7) is 7.67. The van der Waals surface area contributed by atoms with Crippen LogP contribution in [0.25, 0.3) is 0 Å². The Balaban J connectivity index is 4.37. The van der Waals surface area contributed by atoms with Crippen molar-refractivity contribution in [3.8, 4) is 0 Å². The van der Waals surface area contributed by atoms with Gasteiger partial charge in [0.1, 0.15) is 6.61 Å². The molecule has 0 aromatic carbocycles. The number of hydrogen-bond donors (Lipinski definition) is 0. The fraction of sp³-hybridized carbons (Fsp3) is 0.723. The first-order valence-corrected chi connectivity index (χ1v) is 29.8. The minimum Gasteiger partial charge on any atom is -0.462 e. The highest BCUT2D eigenvalue weighted by molar-refractivity contribution is 5.70. The molecule has 0 bridgehead atoms. The molecular weight excluding hydrogens is 861 g/mol. The molecule has 402 valence electrons. The Kier molecular flexibility index (Phi) is 57.4. The Labute approximate surface area is 434 Å². The van der Waals surface area contributed by atoms with E-state index in [-0.39, 0.29) is 25.2 Å². The van der Waals surface area contributed by atoms with Crippen molar-refractivity contribution in [2.24, 2.45) is 0 Å². The lowest BCUT2D eigenvalue weighted by molar-refractivity contribution is -0.163. The molecule has 0 saturated carbocycles. The van der Waals surface area contributed by atoms with Gasteiger partial charge in [-0.25, -0.2) is 0 Å². The van der Waals surface area contributed by atoms with Crippen LogP contribution in [0.2, 0.25) is 0 Å². The monoisotopic (exact) mass is 973 g/mol. The Morgan fingerprint density at radius 2 is 0.643 bits per heavy atom. The summed E-state index contributed by atoms with van der Waals surface area (Å²) < 4.78 is 17.5. The molecule has 0 heterocycles. The van der Waals surface area contributed by atoms with E-state index in [2.05, 4.69) is 118 Å². The third-order valence-corrected chi connectivity index (χ3v) is 12.6. The number of allylic oxidation sites excluding steroid dienone is 16. The highest BCUT2D eigenvalue weighted by Crippen LogP contribution is 2.15. The van der Waals surface area contributed by atoms with Crippen molar-refractivity contribution in [3.05, 3.63) is 97.2 Å². The zero-order chi connectivity index (χ0) is 50.6. The van der Waals surface area contributed by atoms with E-state index in [1.807, 2.05) is 0 Å². The summed E-state index contributed by atoms with van der Waals surface area (Å²) in [6.07, 6.45) is 81.4. The van der Waals surface area contributed by atoms with Crippen LogP contribution < -0.4 is 0 Å². The molecule has 5 heteroatoms. The molecule has 0 N–H and O–H groups in total. The molecule has 70 heavy (non-hydrogen) atoms. The molecule has 0 amide bonds. The molecule has 0 radical (unpaired) electrons. The summed E-state index contributed by atoms with van der Waals surface area (Å²) in [5.74, 6) is -0.443. The molecule has 0 spiro atoms. The zero-order valence-electron chi connectivity index (χ0n) is 46.3. The van der Waals surface area contributed by atoms with Gasteiger partial charge in [-0.3, -0.25) is 9.59 Å². The number of carbonyl (C=O) groups excluding carboxylic acids is 2. The summed E-state index contributed by atoms with van der Waals surface area (Å²) in [6, 6.07) is 0. The predicted molar refractivity (Wildman–Crippen MR) is 306 cm³/mol. The van der Waals surface area contributed by atoms with Crippen molar-refractivity contribution >= 4 is 11.9 Å². The van der Waals surface area contributed by atoms with Gasteiger partial charge in [0, 0.05) is 19.4 Å². The van der Waals surface area contributed by atoms with Gasteiger partial charge in [-0.05, 0) is 103 Å². The number of ether oxygens (including phenoxy) is 3. The second kappa shape index (κ2) is 60.1. The second-order valence-corrected chi connectivity index (χ2v) is 19.5. The molecule has 0 aromatic heterocycles. The molecule has 5 nitrogen and oxygen atoms in total. The molecule has 0 rings (SSSR count). The lowest BCUT2D eigenvalue weighted by Crippen LogP contribution is -2.30. The van der Waals surface area contributed by atoms with Gasteiger partial charge in [-0.2, -0.15) is 0 Å². The molecule has 0 aliphatic rings. The first-order valence-electron chi connectivity index (χ1n) is 29.8. The number of unbranched alkanes of at least 4 members (excludes halogenated alkanes) is 27. The third kappa shape index (κ3) is 57.4. The van der Waals surface area contributed by atoms with Crippen molar-refractivity contribution in [2.45, 2.75) is 284 Å². The van der Waals surface area contributed by atoms with Crippen molar-refractivity contribution in [1.29, 1.82) is 0 Å². The van der Waals surface area contributed by atoms with Gasteiger partial charge in [-0.15, -0.1) is 0 Å². The largest absolute Gasteiger partial charge is 0.462 e. The van der Waals surface area contributed by atoms with Crippen molar-refractivity contribution in [3.63, 3.8) is 0 Å². The normalized spacial score (nSPS) is 12.9. The second-order valence-electron chi connectivity index (χ2n) is 19.5. The fourth-order valence-electron chi connectivity index (χ4n) is 8.19. The Hall–Kier alpha value is -3.18. The summed E-state index contributed by atoms with van der Waals surface area (Å²) in [7, 11) is 0. The minimum absolute atomic E-state index is 0.0604. The third-order valence-electron chi connectivity index (χ3n) is 12.6. The number of esters is 2. The van der Waals surface area contributed by atoms with E-state index < -0.39 is 6.10 Å². The highest BCUT2D eigenvalue weighted by Gasteiger charge is 2.17. The van der Waals surface area contributed by atoms with Gasteiger partial charge in [0.2, 0.25) is 0 Å². The Morgan fingerprint density at radius 1 is 0.329 bits per heavy atom. The maximum atomic E-state index is 12.9.